The molecule has 7 atom stereocenters. The summed E-state index contributed by atoms with van der Waals surface area (Å²) < 4.78 is 0. The average Bonchev–Trinajstić information content (AvgIpc) is 3.61. The normalized spacial score (nSPS) is 31.8. The van der Waals surface area contributed by atoms with Crippen molar-refractivity contribution in [3.05, 3.63) is 80.8 Å². The highest BCUT2D eigenvalue weighted by atomic mass is 32.2. The number of aromatic nitrogens is 1. The smallest absolute Gasteiger partial charge is 0.305 e. The molecule has 2 aliphatic heterocycles. The van der Waals surface area contributed by atoms with Crippen LogP contribution < -0.4 is 10.2 Å². The van der Waals surface area contributed by atoms with Crippen molar-refractivity contribution in [3.8, 4) is 0 Å². The van der Waals surface area contributed by atoms with Crippen LogP contribution in [0.15, 0.2) is 70.5 Å². The largest absolute Gasteiger partial charge is 0.325 e. The lowest BCUT2D eigenvalue weighted by Crippen LogP contribution is -2.42. The summed E-state index contributed by atoms with van der Waals surface area (Å²) in [6, 6.07) is 19.2. The molecule has 36 heavy (non-hydrogen) atoms. The van der Waals surface area contributed by atoms with Crippen molar-refractivity contribution >= 4 is 46.5 Å². The van der Waals surface area contributed by atoms with E-state index in [1.807, 2.05) is 36.4 Å². The van der Waals surface area contributed by atoms with E-state index in [9.17, 15) is 19.2 Å². The van der Waals surface area contributed by atoms with Gasteiger partial charge in [0.05, 0.1) is 16.9 Å². The molecule has 3 heterocycles. The second-order valence-electron chi connectivity index (χ2n) is 10.0. The lowest BCUT2D eigenvalue weighted by Gasteiger charge is -2.43. The SMILES string of the molecule is O=C(CN1C(=O)[C@@H]2[C@H]3C[C@@H]([C@@H]2C1=O)[C@@H]1[C@@H](c2ccccc2)c2sc(=O)[nH]c2S[C@@H]31)Nc1ccccc1. The second-order valence-corrected chi connectivity index (χ2v) is 12.3. The first-order chi connectivity index (χ1) is 17.5. The number of hydrogen-bond acceptors (Lipinski definition) is 6. The number of fused-ring (bicyclic) bond motifs is 9. The third kappa shape index (κ3) is 3.18. The number of carbonyl (C=O) groups is 3. The minimum atomic E-state index is -0.391. The van der Waals surface area contributed by atoms with Crippen molar-refractivity contribution in [2.24, 2.45) is 29.6 Å². The topological polar surface area (TPSA) is 99.3 Å². The highest BCUT2D eigenvalue weighted by Crippen LogP contribution is 2.68. The van der Waals surface area contributed by atoms with E-state index in [1.54, 1.807) is 23.9 Å². The van der Waals surface area contributed by atoms with Gasteiger partial charge in [-0.2, -0.15) is 0 Å². The molecule has 2 aromatic carbocycles. The van der Waals surface area contributed by atoms with Crippen molar-refractivity contribution in [1.82, 2.24) is 9.88 Å². The third-order valence-corrected chi connectivity index (χ3v) is 10.9. The molecule has 3 aromatic rings. The monoisotopic (exact) mass is 517 g/mol. The number of benzene rings is 2. The van der Waals surface area contributed by atoms with Crippen molar-refractivity contribution < 1.29 is 14.4 Å². The number of carbonyl (C=O) groups excluding carboxylic acids is 3. The van der Waals surface area contributed by atoms with E-state index in [2.05, 4.69) is 22.4 Å². The van der Waals surface area contributed by atoms with Crippen LogP contribution in [0, 0.1) is 29.6 Å². The number of nitrogens with one attached hydrogen (secondary N) is 2. The molecular formula is C27H23N3O4S2. The van der Waals surface area contributed by atoms with Gasteiger partial charge in [-0.1, -0.05) is 59.9 Å². The predicted octanol–water partition coefficient (Wildman–Crippen LogP) is 3.55. The molecule has 4 aliphatic rings. The zero-order valence-corrected chi connectivity index (χ0v) is 20.8. The zero-order chi connectivity index (χ0) is 24.6. The second kappa shape index (κ2) is 8.18. The molecule has 7 nitrogen and oxygen atoms in total. The molecule has 0 unspecified atom stereocenters. The summed E-state index contributed by atoms with van der Waals surface area (Å²) in [5.41, 5.74) is 1.78. The van der Waals surface area contributed by atoms with Gasteiger partial charge in [0, 0.05) is 21.7 Å². The average molecular weight is 518 g/mol. The summed E-state index contributed by atoms with van der Waals surface area (Å²) in [6.45, 7) is -0.260. The molecule has 1 aromatic heterocycles. The van der Waals surface area contributed by atoms with E-state index in [-0.39, 0.29) is 64.0 Å². The standard InChI is InChI=1S/C27H23N3O4S2/c31-17(28-14-9-5-2-6-10-14)12-30-25(32)20-15-11-16(21(20)26(30)33)22-19(15)18(13-7-3-1-4-8-13)23-24(35-22)29-27(34)36-23/h1-10,15-16,18-22H,11-12H2,(H,28,31)(H,29,34)/t15-,16-,18-,19-,20+,21-,22+/m1/s1. The van der Waals surface area contributed by atoms with E-state index in [0.717, 1.165) is 21.9 Å². The fraction of sp³-hybridized carbons (Fsp3) is 0.333. The number of H-pyrrole nitrogens is 1. The molecule has 9 heteroatoms. The van der Waals surface area contributed by atoms with Crippen LogP contribution in [0.2, 0.25) is 0 Å². The van der Waals surface area contributed by atoms with E-state index in [0.29, 0.717) is 5.69 Å². The Morgan fingerprint density at radius 2 is 1.61 bits per heavy atom. The summed E-state index contributed by atoms with van der Waals surface area (Å²) >= 11 is 2.93. The first-order valence-corrected chi connectivity index (χ1v) is 13.9. The van der Waals surface area contributed by atoms with Gasteiger partial charge in [0.1, 0.15) is 6.54 Å². The Balaban J connectivity index is 1.20. The Kier molecular flexibility index (Phi) is 5.01. The minimum absolute atomic E-state index is 0.0191. The number of imide groups is 1. The van der Waals surface area contributed by atoms with E-state index in [4.69, 9.17) is 0 Å². The van der Waals surface area contributed by atoms with E-state index in [1.165, 1.54) is 16.2 Å². The zero-order valence-electron chi connectivity index (χ0n) is 19.1. The molecule has 3 amide bonds. The molecule has 2 saturated carbocycles. The maximum absolute atomic E-state index is 13.6. The summed E-state index contributed by atoms with van der Waals surface area (Å²) in [7, 11) is 0. The highest BCUT2D eigenvalue weighted by Gasteiger charge is 2.69. The minimum Gasteiger partial charge on any atom is -0.325 e. The Hall–Kier alpha value is -3.17. The number of hydrogen-bond donors (Lipinski definition) is 2. The molecule has 2 bridgehead atoms. The van der Waals surface area contributed by atoms with E-state index >= 15 is 0 Å². The quantitative estimate of drug-likeness (QED) is 0.516. The third-order valence-electron chi connectivity index (χ3n) is 8.33. The Morgan fingerprint density at radius 1 is 0.944 bits per heavy atom. The maximum atomic E-state index is 13.6. The molecule has 1 saturated heterocycles. The van der Waals surface area contributed by atoms with Gasteiger partial charge in [0.15, 0.2) is 0 Å². The summed E-state index contributed by atoms with van der Waals surface area (Å²) in [5.74, 6) is -1.30. The Morgan fingerprint density at radius 3 is 2.33 bits per heavy atom. The van der Waals surface area contributed by atoms with Crippen LogP contribution in [-0.2, 0) is 14.4 Å². The van der Waals surface area contributed by atoms with Gasteiger partial charge in [0.25, 0.3) is 0 Å². The van der Waals surface area contributed by atoms with Gasteiger partial charge < -0.3 is 10.3 Å². The Labute approximate surface area is 215 Å². The Bertz CT molecular complexity index is 1440. The maximum Gasteiger partial charge on any atom is 0.305 e. The van der Waals surface area contributed by atoms with Crippen molar-refractivity contribution in [1.29, 1.82) is 0 Å². The van der Waals surface area contributed by atoms with Crippen LogP contribution in [0.4, 0.5) is 5.69 Å². The van der Waals surface area contributed by atoms with Gasteiger partial charge in [-0.3, -0.25) is 24.1 Å². The van der Waals surface area contributed by atoms with Gasteiger partial charge in [-0.15, -0.1) is 11.8 Å². The molecule has 0 spiro atoms. The lowest BCUT2D eigenvalue weighted by atomic mass is 9.68. The van der Waals surface area contributed by atoms with Crippen LogP contribution in [0.3, 0.4) is 0 Å². The van der Waals surface area contributed by atoms with E-state index < -0.39 is 5.92 Å². The molecule has 2 aliphatic carbocycles. The number of thioether (sulfide) groups is 1. The predicted molar refractivity (Wildman–Crippen MR) is 137 cm³/mol. The number of thiazole rings is 1. The highest BCUT2D eigenvalue weighted by molar-refractivity contribution is 8.00. The van der Waals surface area contributed by atoms with Crippen LogP contribution in [-0.4, -0.2) is 39.4 Å². The number of aromatic amines is 1. The van der Waals surface area contributed by atoms with Gasteiger partial charge in [0.2, 0.25) is 17.7 Å². The van der Waals surface area contributed by atoms with Crippen molar-refractivity contribution in [3.63, 3.8) is 0 Å². The summed E-state index contributed by atoms with van der Waals surface area (Å²) in [5, 5.41) is 3.83. The number of nitrogens with zero attached hydrogens (tertiary/aromatic N) is 1. The first kappa shape index (κ1) is 22.1. The molecule has 182 valence electrons. The van der Waals surface area contributed by atoms with Crippen LogP contribution in [0.25, 0.3) is 0 Å². The number of rotatable bonds is 4. The summed E-state index contributed by atoms with van der Waals surface area (Å²) in [6.07, 6.45) is 0.835. The number of likely N-dealkylation sites (tertiary alicyclic amines) is 1. The fourth-order valence-corrected chi connectivity index (χ4v) is 10.0. The molecule has 2 N–H and O–H groups in total. The first-order valence-electron chi connectivity index (χ1n) is 12.2. The van der Waals surface area contributed by atoms with Crippen molar-refractivity contribution in [2.45, 2.75) is 22.6 Å². The molecule has 3 fully saturated rings. The molecular weight excluding hydrogens is 494 g/mol. The number of para-hydroxylation sites is 1. The molecule has 0 radical (unpaired) electrons. The van der Waals surface area contributed by atoms with Gasteiger partial charge >= 0.3 is 4.87 Å². The number of anilines is 1. The van der Waals surface area contributed by atoms with Gasteiger partial charge in [-0.25, -0.2) is 0 Å². The lowest BCUT2D eigenvalue weighted by molar-refractivity contribution is -0.143. The van der Waals surface area contributed by atoms with Crippen molar-refractivity contribution in [2.75, 3.05) is 11.9 Å². The van der Waals surface area contributed by atoms with Crippen LogP contribution in [0.5, 0.6) is 0 Å². The van der Waals surface area contributed by atoms with Crippen LogP contribution in [0.1, 0.15) is 22.8 Å². The fourth-order valence-electron chi connectivity index (χ4n) is 7.13. The van der Waals surface area contributed by atoms with Gasteiger partial charge in [-0.05, 0) is 41.9 Å². The molecule has 7 rings (SSSR count). The summed E-state index contributed by atoms with van der Waals surface area (Å²) in [4.78, 5) is 57.3. The van der Waals surface area contributed by atoms with Crippen LogP contribution >= 0.6 is 23.1 Å². The number of amides is 3.